The monoisotopic (exact) mass is 542 g/mol. The number of ether oxygens (including phenoxy) is 2. The fraction of sp³-hybridized carbons (Fsp3) is 0.344. The van der Waals surface area contributed by atoms with Crippen molar-refractivity contribution in [2.24, 2.45) is 7.05 Å². The molecule has 0 bridgehead atoms. The van der Waals surface area contributed by atoms with Crippen LogP contribution >= 0.6 is 0 Å². The maximum atomic E-state index is 13.7. The minimum Gasteiger partial charge on any atom is -0.491 e. The molecule has 210 valence electrons. The summed E-state index contributed by atoms with van der Waals surface area (Å²) >= 11 is 0. The number of nitrogens with zero attached hydrogens (tertiary/aromatic N) is 2. The molecule has 0 aliphatic heterocycles. The highest BCUT2D eigenvalue weighted by atomic mass is 16.5. The second kappa shape index (κ2) is 12.8. The van der Waals surface area contributed by atoms with E-state index in [0.29, 0.717) is 36.8 Å². The first-order valence-corrected chi connectivity index (χ1v) is 13.7. The maximum absolute atomic E-state index is 13.7. The fourth-order valence-electron chi connectivity index (χ4n) is 4.84. The Labute approximate surface area is 235 Å². The summed E-state index contributed by atoms with van der Waals surface area (Å²) in [5.41, 5.74) is 4.48. The molecule has 0 radical (unpaired) electrons. The van der Waals surface area contributed by atoms with E-state index in [1.54, 1.807) is 13.2 Å². The molecule has 0 aliphatic rings. The smallest absolute Gasteiger partial charge is 0.323 e. The van der Waals surface area contributed by atoms with E-state index in [9.17, 15) is 9.59 Å². The van der Waals surface area contributed by atoms with E-state index >= 15 is 0 Å². The molecule has 2 N–H and O–H groups in total. The van der Waals surface area contributed by atoms with E-state index < -0.39 is 6.03 Å². The molecule has 8 nitrogen and oxygen atoms in total. The second-order valence-electron chi connectivity index (χ2n) is 10.3. The molecule has 0 fully saturated rings. The van der Waals surface area contributed by atoms with Gasteiger partial charge in [0.05, 0.1) is 6.61 Å². The number of aromatic nitrogens is 2. The van der Waals surface area contributed by atoms with Gasteiger partial charge in [-0.05, 0) is 59.7 Å². The number of anilines is 2. The zero-order valence-electron chi connectivity index (χ0n) is 24.1. The molecule has 8 heteroatoms. The van der Waals surface area contributed by atoms with E-state index in [4.69, 9.17) is 9.47 Å². The van der Waals surface area contributed by atoms with Crippen LogP contribution in [-0.4, -0.2) is 35.4 Å². The summed E-state index contributed by atoms with van der Waals surface area (Å²) in [7, 11) is 1.66. The van der Waals surface area contributed by atoms with Gasteiger partial charge in [0.2, 0.25) is 0 Å². The van der Waals surface area contributed by atoms with Crippen LogP contribution in [0.4, 0.5) is 16.2 Å². The van der Waals surface area contributed by atoms with Gasteiger partial charge in [-0.3, -0.25) is 9.36 Å². The lowest BCUT2D eigenvalue weighted by atomic mass is 9.93. The molecule has 0 saturated carbocycles. The number of carbonyl (C=O) groups is 1. The van der Waals surface area contributed by atoms with Gasteiger partial charge in [0.1, 0.15) is 23.7 Å². The molecular formula is C32H38N4O4. The van der Waals surface area contributed by atoms with Crippen LogP contribution in [0.2, 0.25) is 0 Å². The summed E-state index contributed by atoms with van der Waals surface area (Å²) in [6.45, 7) is 11.8. The van der Waals surface area contributed by atoms with Gasteiger partial charge < -0.3 is 20.1 Å². The molecule has 4 rings (SSSR count). The third-order valence-corrected chi connectivity index (χ3v) is 6.82. The first-order valence-electron chi connectivity index (χ1n) is 13.7. The Morgan fingerprint density at radius 1 is 0.925 bits per heavy atom. The predicted molar refractivity (Wildman–Crippen MR) is 162 cm³/mol. The van der Waals surface area contributed by atoms with Crippen molar-refractivity contribution in [1.29, 1.82) is 0 Å². The number of hydrogen-bond donors (Lipinski definition) is 2. The van der Waals surface area contributed by atoms with Crippen LogP contribution in [0.3, 0.4) is 0 Å². The number of benzene rings is 2. The summed E-state index contributed by atoms with van der Waals surface area (Å²) in [6.07, 6.45) is 1.65. The highest BCUT2D eigenvalue weighted by Gasteiger charge is 2.22. The minimum absolute atomic E-state index is 0.167. The van der Waals surface area contributed by atoms with Crippen LogP contribution in [0.15, 0.2) is 65.6 Å². The first-order chi connectivity index (χ1) is 19.2. The summed E-state index contributed by atoms with van der Waals surface area (Å²) in [4.78, 5) is 31.7. The fourth-order valence-corrected chi connectivity index (χ4v) is 4.84. The van der Waals surface area contributed by atoms with Crippen molar-refractivity contribution in [3.8, 4) is 16.9 Å². The maximum Gasteiger partial charge on any atom is 0.323 e. The summed E-state index contributed by atoms with van der Waals surface area (Å²) in [5.74, 6) is 1.04. The number of amides is 2. The van der Waals surface area contributed by atoms with E-state index in [1.807, 2.05) is 61.5 Å². The summed E-state index contributed by atoms with van der Waals surface area (Å²) in [5, 5.41) is 6.69. The van der Waals surface area contributed by atoms with Crippen molar-refractivity contribution >= 4 is 28.4 Å². The Hall–Kier alpha value is -4.17. The van der Waals surface area contributed by atoms with E-state index in [1.165, 1.54) is 4.57 Å². The zero-order chi connectivity index (χ0) is 28.8. The molecule has 0 unspecified atom stereocenters. The number of hydrogen-bond acceptors (Lipinski definition) is 5. The van der Waals surface area contributed by atoms with Crippen molar-refractivity contribution in [2.75, 3.05) is 30.5 Å². The quantitative estimate of drug-likeness (QED) is 0.212. The number of urea groups is 1. The van der Waals surface area contributed by atoms with E-state index in [0.717, 1.165) is 27.8 Å². The van der Waals surface area contributed by atoms with Gasteiger partial charge in [0, 0.05) is 36.5 Å². The van der Waals surface area contributed by atoms with Gasteiger partial charge in [-0.25, -0.2) is 9.78 Å². The van der Waals surface area contributed by atoms with Crippen LogP contribution in [0.1, 0.15) is 57.6 Å². The minimum atomic E-state index is -0.485. The Balaban J connectivity index is 1.79. The second-order valence-corrected chi connectivity index (χ2v) is 10.3. The van der Waals surface area contributed by atoms with Gasteiger partial charge in [-0.2, -0.15) is 0 Å². The average molecular weight is 543 g/mol. The molecular weight excluding hydrogens is 504 g/mol. The molecule has 0 saturated heterocycles. The largest absolute Gasteiger partial charge is 0.491 e. The molecule has 4 aromatic rings. The van der Waals surface area contributed by atoms with Crippen LogP contribution in [0, 0.1) is 0 Å². The number of para-hydroxylation sites is 1. The normalized spacial score (nSPS) is 11.3. The SMILES string of the molecule is CCOCCOc1cccc(-c2c(NC(=O)Nc3c(C(C)C)cccc3C(C)C)c(=O)n(C)c3ncccc23)c1. The molecule has 2 heterocycles. The lowest BCUT2D eigenvalue weighted by Gasteiger charge is -2.21. The van der Waals surface area contributed by atoms with Crippen LogP contribution in [-0.2, 0) is 11.8 Å². The molecule has 2 aromatic carbocycles. The van der Waals surface area contributed by atoms with Gasteiger partial charge in [-0.15, -0.1) is 0 Å². The van der Waals surface area contributed by atoms with Gasteiger partial charge >= 0.3 is 6.03 Å². The summed E-state index contributed by atoms with van der Waals surface area (Å²) in [6, 6.07) is 16.8. The van der Waals surface area contributed by atoms with Crippen molar-refractivity contribution < 1.29 is 14.3 Å². The van der Waals surface area contributed by atoms with Crippen molar-refractivity contribution in [2.45, 2.75) is 46.5 Å². The number of pyridine rings is 2. The lowest BCUT2D eigenvalue weighted by molar-refractivity contribution is 0.110. The van der Waals surface area contributed by atoms with Gasteiger partial charge in [0.25, 0.3) is 5.56 Å². The lowest BCUT2D eigenvalue weighted by Crippen LogP contribution is -2.29. The Morgan fingerprint density at radius 3 is 2.27 bits per heavy atom. The van der Waals surface area contributed by atoms with Crippen molar-refractivity contribution in [1.82, 2.24) is 9.55 Å². The number of aryl methyl sites for hydroxylation is 1. The Morgan fingerprint density at radius 2 is 1.60 bits per heavy atom. The van der Waals surface area contributed by atoms with Crippen molar-refractivity contribution in [3.05, 3.63) is 82.3 Å². The highest BCUT2D eigenvalue weighted by Crippen LogP contribution is 2.35. The van der Waals surface area contributed by atoms with Crippen LogP contribution < -0.4 is 20.9 Å². The van der Waals surface area contributed by atoms with E-state index in [-0.39, 0.29) is 23.1 Å². The number of rotatable bonds is 10. The zero-order valence-corrected chi connectivity index (χ0v) is 24.1. The topological polar surface area (TPSA) is 94.5 Å². The number of fused-ring (bicyclic) bond motifs is 1. The van der Waals surface area contributed by atoms with Crippen molar-refractivity contribution in [3.63, 3.8) is 0 Å². The highest BCUT2D eigenvalue weighted by molar-refractivity contribution is 6.07. The molecule has 0 atom stereocenters. The Bertz CT molecular complexity index is 1530. The number of nitrogens with one attached hydrogen (secondary N) is 2. The van der Waals surface area contributed by atoms with Crippen LogP contribution in [0.25, 0.3) is 22.2 Å². The third-order valence-electron chi connectivity index (χ3n) is 6.82. The average Bonchev–Trinajstić information content (AvgIpc) is 2.94. The van der Waals surface area contributed by atoms with E-state index in [2.05, 4.69) is 43.3 Å². The molecule has 0 spiro atoms. The third kappa shape index (κ3) is 6.18. The number of carbonyl (C=O) groups excluding carboxylic acids is 1. The Kier molecular flexibility index (Phi) is 9.22. The van der Waals surface area contributed by atoms with Crippen LogP contribution in [0.5, 0.6) is 5.75 Å². The molecule has 0 aliphatic carbocycles. The predicted octanol–water partition coefficient (Wildman–Crippen LogP) is 6.91. The van der Waals surface area contributed by atoms with Gasteiger partial charge in [0.15, 0.2) is 0 Å². The standard InChI is InChI=1S/C32H38N4O4/c1-7-39-17-18-40-23-12-8-11-22(19-23)27-26-15-10-16-33-30(26)36(6)31(37)29(27)35-32(38)34-28-24(20(2)3)13-9-14-25(28)21(4)5/h8-16,19-21H,7,17-18H2,1-6H3,(H2,34,35,38). The van der Waals surface area contributed by atoms with Gasteiger partial charge in [-0.1, -0.05) is 58.0 Å². The molecule has 2 aromatic heterocycles. The first kappa shape index (κ1) is 28.8. The summed E-state index contributed by atoms with van der Waals surface area (Å²) < 4.78 is 12.7. The molecule has 2 amide bonds. The molecule has 40 heavy (non-hydrogen) atoms.